The Morgan fingerprint density at radius 1 is 1.20 bits per heavy atom. The van der Waals surface area contributed by atoms with Gasteiger partial charge in [-0.1, -0.05) is 30.3 Å². The van der Waals surface area contributed by atoms with Crippen molar-refractivity contribution >= 4 is 23.9 Å². The summed E-state index contributed by atoms with van der Waals surface area (Å²) in [5.74, 6) is -2.52. The van der Waals surface area contributed by atoms with E-state index in [0.29, 0.717) is 5.56 Å². The molecule has 0 aromatic heterocycles. The van der Waals surface area contributed by atoms with Crippen LogP contribution in [0.15, 0.2) is 36.0 Å². The minimum Gasteiger partial charge on any atom is -0.548 e. The average Bonchev–Trinajstić information content (AvgIpc) is 2.38. The van der Waals surface area contributed by atoms with Crippen LogP contribution in [0.2, 0.25) is 0 Å². The van der Waals surface area contributed by atoms with E-state index in [1.807, 2.05) is 6.07 Å². The Morgan fingerprint density at radius 3 is 2.30 bits per heavy atom. The largest absolute Gasteiger partial charge is 0.548 e. The Labute approximate surface area is 116 Å². The highest BCUT2D eigenvalue weighted by Crippen LogP contribution is 2.05. The van der Waals surface area contributed by atoms with Crippen LogP contribution >= 0.6 is 0 Å². The molecule has 6 heteroatoms. The number of rotatable bonds is 5. The number of nitrogens with one attached hydrogen (secondary N) is 2. The minimum absolute atomic E-state index is 0.0307. The SMILES string of the molecule is CC(=O)N/C(=C\c1ccccc1)C(=O)N[C@H](C)C(=O)[O-]. The summed E-state index contributed by atoms with van der Waals surface area (Å²) in [6, 6.07) is 7.70. The van der Waals surface area contributed by atoms with E-state index in [0.717, 1.165) is 0 Å². The number of aliphatic carboxylic acids is 1. The van der Waals surface area contributed by atoms with Crippen molar-refractivity contribution in [2.45, 2.75) is 19.9 Å². The molecule has 1 rings (SSSR count). The minimum atomic E-state index is -1.40. The van der Waals surface area contributed by atoms with Crippen molar-refractivity contribution in [3.63, 3.8) is 0 Å². The third-order valence-corrected chi connectivity index (χ3v) is 2.37. The van der Waals surface area contributed by atoms with Crippen molar-refractivity contribution in [2.24, 2.45) is 0 Å². The average molecular weight is 275 g/mol. The number of hydrogen-bond acceptors (Lipinski definition) is 4. The molecule has 0 saturated carbocycles. The highest BCUT2D eigenvalue weighted by Gasteiger charge is 2.14. The zero-order valence-corrected chi connectivity index (χ0v) is 11.2. The number of hydrogen-bond donors (Lipinski definition) is 2. The van der Waals surface area contributed by atoms with Crippen molar-refractivity contribution in [2.75, 3.05) is 0 Å². The Bertz CT molecular complexity index is 537. The maximum atomic E-state index is 11.9. The molecule has 2 N–H and O–H groups in total. The molecular formula is C14H15N2O4-. The third-order valence-electron chi connectivity index (χ3n) is 2.37. The van der Waals surface area contributed by atoms with Gasteiger partial charge in [-0.05, 0) is 18.6 Å². The predicted molar refractivity (Wildman–Crippen MR) is 70.8 cm³/mol. The zero-order chi connectivity index (χ0) is 15.1. The lowest BCUT2D eigenvalue weighted by molar-refractivity contribution is -0.307. The van der Waals surface area contributed by atoms with Crippen molar-refractivity contribution in [1.82, 2.24) is 10.6 Å². The van der Waals surface area contributed by atoms with Crippen LogP contribution in [-0.2, 0) is 14.4 Å². The Hall–Kier alpha value is -2.63. The Morgan fingerprint density at radius 2 is 1.80 bits per heavy atom. The van der Waals surface area contributed by atoms with Crippen molar-refractivity contribution < 1.29 is 19.5 Å². The molecule has 106 valence electrons. The van der Waals surface area contributed by atoms with Crippen LogP contribution < -0.4 is 15.7 Å². The first-order valence-corrected chi connectivity index (χ1v) is 5.96. The van der Waals surface area contributed by atoms with Gasteiger partial charge >= 0.3 is 0 Å². The smallest absolute Gasteiger partial charge is 0.268 e. The van der Waals surface area contributed by atoms with Crippen molar-refractivity contribution in [1.29, 1.82) is 0 Å². The lowest BCUT2D eigenvalue weighted by Crippen LogP contribution is -2.47. The lowest BCUT2D eigenvalue weighted by atomic mass is 10.2. The number of carbonyl (C=O) groups excluding carboxylic acids is 3. The van der Waals surface area contributed by atoms with Crippen LogP contribution in [0.25, 0.3) is 6.08 Å². The second kappa shape index (κ2) is 7.08. The molecule has 6 nitrogen and oxygen atoms in total. The number of carboxylic acids is 1. The standard InChI is InChI=1S/C14H16N2O4/c1-9(14(19)20)15-13(18)12(16-10(2)17)8-11-6-4-3-5-7-11/h3-9H,1-2H3,(H,15,18)(H,16,17)(H,19,20)/p-1/b12-8-/t9-/m1/s1. The molecule has 0 bridgehead atoms. The van der Waals surface area contributed by atoms with E-state index in [2.05, 4.69) is 10.6 Å². The first-order valence-electron chi connectivity index (χ1n) is 5.96. The molecule has 0 aliphatic rings. The lowest BCUT2D eigenvalue weighted by Gasteiger charge is -2.16. The second-order valence-electron chi connectivity index (χ2n) is 4.16. The number of amides is 2. The van der Waals surface area contributed by atoms with Crippen LogP contribution in [-0.4, -0.2) is 23.8 Å². The molecule has 0 heterocycles. The molecule has 0 saturated heterocycles. The summed E-state index contributed by atoms with van der Waals surface area (Å²) in [7, 11) is 0. The van der Waals surface area contributed by atoms with Gasteiger partial charge in [0.2, 0.25) is 5.91 Å². The van der Waals surface area contributed by atoms with Crippen molar-refractivity contribution in [3.05, 3.63) is 41.6 Å². The topological polar surface area (TPSA) is 98.3 Å². The molecule has 2 amide bonds. The van der Waals surface area contributed by atoms with Crippen LogP contribution in [0.4, 0.5) is 0 Å². The fourth-order valence-electron chi connectivity index (χ4n) is 1.40. The van der Waals surface area contributed by atoms with Gasteiger partial charge in [-0.15, -0.1) is 0 Å². The molecule has 0 aliphatic carbocycles. The highest BCUT2D eigenvalue weighted by molar-refractivity contribution is 6.02. The normalized spacial score (nSPS) is 12.4. The van der Waals surface area contributed by atoms with Gasteiger partial charge in [0.15, 0.2) is 0 Å². The van der Waals surface area contributed by atoms with Gasteiger partial charge in [-0.3, -0.25) is 9.59 Å². The molecule has 1 aromatic rings. The van der Waals surface area contributed by atoms with Crippen LogP contribution in [0.5, 0.6) is 0 Å². The molecule has 20 heavy (non-hydrogen) atoms. The highest BCUT2D eigenvalue weighted by atomic mass is 16.4. The molecule has 0 spiro atoms. The summed E-state index contributed by atoms with van der Waals surface area (Å²) in [5.41, 5.74) is 0.671. The van der Waals surface area contributed by atoms with E-state index in [1.165, 1.54) is 19.9 Å². The van der Waals surface area contributed by atoms with Crippen molar-refractivity contribution in [3.8, 4) is 0 Å². The molecule has 0 radical (unpaired) electrons. The fourth-order valence-corrected chi connectivity index (χ4v) is 1.40. The first-order chi connectivity index (χ1) is 9.40. The molecular weight excluding hydrogens is 260 g/mol. The summed E-state index contributed by atoms with van der Waals surface area (Å²) in [6.07, 6.45) is 1.46. The van der Waals surface area contributed by atoms with Crippen LogP contribution in [0, 0.1) is 0 Å². The quantitative estimate of drug-likeness (QED) is 0.702. The number of carboxylic acid groups (broad SMARTS) is 1. The summed E-state index contributed by atoms with van der Waals surface area (Å²) in [6.45, 7) is 2.54. The van der Waals surface area contributed by atoms with E-state index >= 15 is 0 Å². The van der Waals surface area contributed by atoms with E-state index in [1.54, 1.807) is 24.3 Å². The van der Waals surface area contributed by atoms with Gasteiger partial charge in [0.1, 0.15) is 5.70 Å². The summed E-state index contributed by atoms with van der Waals surface area (Å²) in [5, 5.41) is 15.2. The van der Waals surface area contributed by atoms with E-state index in [-0.39, 0.29) is 5.70 Å². The van der Waals surface area contributed by atoms with E-state index < -0.39 is 23.8 Å². The van der Waals surface area contributed by atoms with Gasteiger partial charge in [-0.2, -0.15) is 0 Å². The fraction of sp³-hybridized carbons (Fsp3) is 0.214. The van der Waals surface area contributed by atoms with Gasteiger partial charge in [0, 0.05) is 6.92 Å². The van der Waals surface area contributed by atoms with Gasteiger partial charge in [0.25, 0.3) is 5.91 Å². The third kappa shape index (κ3) is 4.93. The molecule has 1 aromatic carbocycles. The maximum Gasteiger partial charge on any atom is 0.268 e. The van der Waals surface area contributed by atoms with Gasteiger partial charge < -0.3 is 20.5 Å². The molecule has 1 atom stereocenters. The number of carbonyl (C=O) groups is 3. The van der Waals surface area contributed by atoms with Crippen LogP contribution in [0.1, 0.15) is 19.4 Å². The molecule has 0 unspecified atom stereocenters. The maximum absolute atomic E-state index is 11.9. The van der Waals surface area contributed by atoms with Crippen LogP contribution in [0.3, 0.4) is 0 Å². The zero-order valence-electron chi connectivity index (χ0n) is 11.2. The summed E-state index contributed by atoms with van der Waals surface area (Å²) >= 11 is 0. The monoisotopic (exact) mass is 275 g/mol. The predicted octanol–water partition coefficient (Wildman–Crippen LogP) is -0.582. The molecule has 0 fully saturated rings. The van der Waals surface area contributed by atoms with E-state index in [9.17, 15) is 19.5 Å². The Kier molecular flexibility index (Phi) is 5.46. The van der Waals surface area contributed by atoms with Gasteiger partial charge in [-0.25, -0.2) is 0 Å². The Balaban J connectivity index is 2.95. The number of benzene rings is 1. The molecule has 0 aliphatic heterocycles. The first kappa shape index (κ1) is 15.4. The summed E-state index contributed by atoms with van der Waals surface area (Å²) < 4.78 is 0. The van der Waals surface area contributed by atoms with Gasteiger partial charge in [0.05, 0.1) is 12.0 Å². The summed E-state index contributed by atoms with van der Waals surface area (Å²) in [4.78, 5) is 33.6. The van der Waals surface area contributed by atoms with E-state index in [4.69, 9.17) is 0 Å². The second-order valence-corrected chi connectivity index (χ2v) is 4.16.